The number of carbonyl (C=O) groups is 1. The molecule has 0 spiro atoms. The minimum Gasteiger partial charge on any atom is -0.435 e. The number of rotatable bonds is 13. The largest absolute Gasteiger partial charge is 0.435 e. The zero-order valence-corrected chi connectivity index (χ0v) is 19.9. The molecule has 1 aliphatic heterocycles. The summed E-state index contributed by atoms with van der Waals surface area (Å²) in [5, 5.41) is 21.9. The fourth-order valence-electron chi connectivity index (χ4n) is 3.90. The van der Waals surface area contributed by atoms with Crippen molar-refractivity contribution >= 4 is 5.91 Å². The van der Waals surface area contributed by atoms with E-state index < -0.39 is 12.7 Å². The first-order valence-corrected chi connectivity index (χ1v) is 11.5. The van der Waals surface area contributed by atoms with E-state index >= 15 is 0 Å². The average molecular weight is 491 g/mol. The maximum absolute atomic E-state index is 12.7. The number of aliphatic hydroxyl groups excluding tert-OH is 1. The van der Waals surface area contributed by atoms with Crippen molar-refractivity contribution in [2.45, 2.75) is 37.6 Å². The van der Waals surface area contributed by atoms with Gasteiger partial charge in [-0.15, -0.1) is 0 Å². The second kappa shape index (κ2) is 13.2. The van der Waals surface area contributed by atoms with Crippen molar-refractivity contribution in [2.24, 2.45) is 10.2 Å². The van der Waals surface area contributed by atoms with Crippen LogP contribution in [0.25, 0.3) is 0 Å². The molecule has 2 aromatic rings. The van der Waals surface area contributed by atoms with Crippen LogP contribution in [0.15, 0.2) is 58.8 Å². The highest BCUT2D eigenvalue weighted by molar-refractivity contribution is 5.94. The van der Waals surface area contributed by atoms with E-state index in [1.54, 1.807) is 31.2 Å². The number of amides is 1. The molecule has 1 amide bonds. The third kappa shape index (κ3) is 8.34. The summed E-state index contributed by atoms with van der Waals surface area (Å²) in [5.41, 5.74) is 2.29. The Kier molecular flexibility index (Phi) is 10.1. The number of methoxy groups -OCH3 is 1. The summed E-state index contributed by atoms with van der Waals surface area (Å²) in [6.45, 7) is -0.872. The van der Waals surface area contributed by atoms with Crippen LogP contribution in [0.1, 0.15) is 34.0 Å². The third-order valence-corrected chi connectivity index (χ3v) is 5.75. The fourth-order valence-corrected chi connectivity index (χ4v) is 3.90. The molecule has 0 aliphatic carbocycles. The lowest BCUT2D eigenvalue weighted by atomic mass is 10.1. The summed E-state index contributed by atoms with van der Waals surface area (Å²) in [7, 11) is 3.41. The first-order chi connectivity index (χ1) is 16.9. The molecule has 10 heteroatoms. The highest BCUT2D eigenvalue weighted by atomic mass is 19.3. The van der Waals surface area contributed by atoms with Gasteiger partial charge in [0.05, 0.1) is 24.8 Å². The van der Waals surface area contributed by atoms with Crippen molar-refractivity contribution in [1.82, 2.24) is 10.2 Å². The van der Waals surface area contributed by atoms with Crippen LogP contribution in [-0.2, 0) is 11.2 Å². The normalized spacial score (nSPS) is 18.1. The summed E-state index contributed by atoms with van der Waals surface area (Å²) in [5.74, 6) is -0.00930. The van der Waals surface area contributed by atoms with Gasteiger partial charge in [0.2, 0.25) is 0 Å². The van der Waals surface area contributed by atoms with Gasteiger partial charge in [-0.2, -0.15) is 19.0 Å². The van der Waals surface area contributed by atoms with Crippen molar-refractivity contribution in [1.29, 1.82) is 0 Å². The van der Waals surface area contributed by atoms with E-state index in [0.717, 1.165) is 18.4 Å². The Labute approximate surface area is 203 Å². The van der Waals surface area contributed by atoms with E-state index in [9.17, 15) is 18.7 Å². The zero-order valence-electron chi connectivity index (χ0n) is 19.9. The first-order valence-electron chi connectivity index (χ1n) is 11.5. The van der Waals surface area contributed by atoms with E-state index in [1.165, 1.54) is 12.1 Å². The van der Waals surface area contributed by atoms with E-state index in [1.807, 2.05) is 24.3 Å². The van der Waals surface area contributed by atoms with Gasteiger partial charge in [-0.25, -0.2) is 0 Å². The fraction of sp³-hybridized carbons (Fsp3) is 0.480. The molecule has 2 aromatic carbocycles. The molecule has 1 aliphatic rings. The Morgan fingerprint density at radius 3 is 2.49 bits per heavy atom. The highest BCUT2D eigenvalue weighted by Gasteiger charge is 2.25. The maximum Gasteiger partial charge on any atom is 0.387 e. The number of aliphatic hydroxyl groups is 1. The first kappa shape index (κ1) is 26.7. The Morgan fingerprint density at radius 2 is 1.83 bits per heavy atom. The van der Waals surface area contributed by atoms with Gasteiger partial charge in [-0.3, -0.25) is 4.79 Å². The van der Waals surface area contributed by atoms with Crippen LogP contribution in [0.3, 0.4) is 0 Å². The van der Waals surface area contributed by atoms with Crippen LogP contribution in [0.5, 0.6) is 5.75 Å². The maximum atomic E-state index is 12.7. The van der Waals surface area contributed by atoms with Crippen molar-refractivity contribution < 1.29 is 28.2 Å². The van der Waals surface area contributed by atoms with Crippen molar-refractivity contribution in [2.75, 3.05) is 40.4 Å². The summed E-state index contributed by atoms with van der Waals surface area (Å²) in [4.78, 5) is 14.4. The lowest BCUT2D eigenvalue weighted by Crippen LogP contribution is -2.33. The van der Waals surface area contributed by atoms with Crippen LogP contribution in [0.4, 0.5) is 8.78 Å². The zero-order chi connectivity index (χ0) is 25.2. The summed E-state index contributed by atoms with van der Waals surface area (Å²) in [6.07, 6.45) is 0.738. The number of ether oxygens (including phenoxy) is 2. The average Bonchev–Trinajstić information content (AvgIpc) is 3.28. The number of hydrogen-bond donors (Lipinski definition) is 2. The minimum atomic E-state index is -2.88. The second-order valence-corrected chi connectivity index (χ2v) is 8.53. The molecule has 0 radical (unpaired) electrons. The molecule has 0 fully saturated rings. The van der Waals surface area contributed by atoms with Gasteiger partial charge in [0.15, 0.2) is 0 Å². The molecule has 1 heterocycles. The van der Waals surface area contributed by atoms with E-state index in [0.29, 0.717) is 37.4 Å². The lowest BCUT2D eigenvalue weighted by molar-refractivity contribution is -0.0498. The molecule has 190 valence electrons. The van der Waals surface area contributed by atoms with Crippen LogP contribution < -0.4 is 10.1 Å². The summed E-state index contributed by atoms with van der Waals surface area (Å²) >= 11 is 0. The van der Waals surface area contributed by atoms with Crippen LogP contribution in [0, 0.1) is 0 Å². The molecule has 0 aromatic heterocycles. The number of nitrogens with one attached hydrogen (secondary N) is 1. The predicted octanol–water partition coefficient (Wildman–Crippen LogP) is 3.47. The molecule has 2 N–H and O–H groups in total. The van der Waals surface area contributed by atoms with Gasteiger partial charge in [-0.1, -0.05) is 24.3 Å². The highest BCUT2D eigenvalue weighted by Crippen LogP contribution is 2.20. The van der Waals surface area contributed by atoms with Gasteiger partial charge >= 0.3 is 6.61 Å². The number of likely N-dealkylation sites (N-methyl/N-ethyl adjacent to an activating group) is 1. The summed E-state index contributed by atoms with van der Waals surface area (Å²) in [6, 6.07) is 13.5. The smallest absolute Gasteiger partial charge is 0.387 e. The van der Waals surface area contributed by atoms with Crippen LogP contribution in [0.2, 0.25) is 0 Å². The number of hydrogen-bond acceptors (Lipinski definition) is 7. The van der Waals surface area contributed by atoms with Gasteiger partial charge in [-0.05, 0) is 54.8 Å². The predicted molar refractivity (Wildman–Crippen MR) is 127 cm³/mol. The monoisotopic (exact) mass is 490 g/mol. The third-order valence-electron chi connectivity index (χ3n) is 5.75. The Morgan fingerprint density at radius 1 is 1.14 bits per heavy atom. The van der Waals surface area contributed by atoms with Crippen LogP contribution in [-0.4, -0.2) is 75.0 Å². The molecule has 3 atom stereocenters. The van der Waals surface area contributed by atoms with Crippen molar-refractivity contribution in [3.05, 3.63) is 65.2 Å². The molecule has 8 nitrogen and oxygen atoms in total. The van der Waals surface area contributed by atoms with Gasteiger partial charge in [0.25, 0.3) is 5.91 Å². The number of nitrogens with zero attached hydrogens (tertiary/aromatic N) is 3. The molecule has 0 saturated carbocycles. The molecule has 0 saturated heterocycles. The molecule has 0 bridgehead atoms. The van der Waals surface area contributed by atoms with Gasteiger partial charge in [0, 0.05) is 32.8 Å². The lowest BCUT2D eigenvalue weighted by Gasteiger charge is -2.20. The number of carbonyl (C=O) groups excluding carboxylic acids is 1. The van der Waals surface area contributed by atoms with Crippen LogP contribution >= 0.6 is 0 Å². The van der Waals surface area contributed by atoms with Gasteiger partial charge in [0.1, 0.15) is 5.75 Å². The minimum absolute atomic E-state index is 0.00583. The quantitative estimate of drug-likeness (QED) is 0.419. The van der Waals surface area contributed by atoms with E-state index in [2.05, 4.69) is 20.3 Å². The Hall–Kier alpha value is -2.95. The molecular weight excluding hydrogens is 458 g/mol. The molecule has 3 rings (SSSR count). The van der Waals surface area contributed by atoms with E-state index in [4.69, 9.17) is 4.74 Å². The SMILES string of the molecule is COCC1CC(CN(C)C(=O)c2ccc(CCNCC(O)c3ccc(OC(F)F)cc3)cc2)N=N1. The van der Waals surface area contributed by atoms with E-state index in [-0.39, 0.29) is 23.7 Å². The topological polar surface area (TPSA) is 95.8 Å². The number of alkyl halides is 2. The summed E-state index contributed by atoms with van der Waals surface area (Å²) < 4.78 is 33.9. The van der Waals surface area contributed by atoms with Gasteiger partial charge < -0.3 is 24.8 Å². The number of benzene rings is 2. The molecular formula is C25H32F2N4O4. The Balaban J connectivity index is 1.38. The van der Waals surface area contributed by atoms with Crippen molar-refractivity contribution in [3.8, 4) is 5.75 Å². The van der Waals surface area contributed by atoms with Crippen molar-refractivity contribution in [3.63, 3.8) is 0 Å². The molecule has 3 unspecified atom stereocenters. The number of azo groups is 1. The standard InChI is InChI=1S/C25H32F2N4O4/c1-31(15-20-13-21(16-34-2)30-29-20)24(33)19-5-3-17(4-6-19)11-12-28-14-23(32)18-7-9-22(10-8-18)35-25(26)27/h3-10,20-21,23,25,28,32H,11-16H2,1-2H3. The second-order valence-electron chi connectivity index (χ2n) is 8.53. The Bertz CT molecular complexity index is 957. The molecule has 35 heavy (non-hydrogen) atoms. The number of halogens is 2.